The van der Waals surface area contributed by atoms with Crippen LogP contribution in [0.15, 0.2) is 69.9 Å². The van der Waals surface area contributed by atoms with Gasteiger partial charge in [-0.2, -0.15) is 0 Å². The van der Waals surface area contributed by atoms with Gasteiger partial charge in [-0.1, -0.05) is 48.1 Å². The molecule has 5 aromatic rings. The van der Waals surface area contributed by atoms with E-state index in [2.05, 4.69) is 0 Å². The van der Waals surface area contributed by atoms with Crippen LogP contribution < -0.4 is 20.0 Å². The lowest BCUT2D eigenvalue weighted by Gasteiger charge is -2.32. The quantitative estimate of drug-likeness (QED) is 0.275. The molecule has 7 rings (SSSR count). The molecule has 2 aliphatic rings. The van der Waals surface area contributed by atoms with Crippen molar-refractivity contribution < 1.29 is 18.7 Å². The van der Waals surface area contributed by atoms with Crippen molar-refractivity contribution in [2.75, 3.05) is 23.0 Å². The monoisotopic (exact) mass is 551 g/mol. The maximum Gasteiger partial charge on any atom is 0.297 e. The van der Waals surface area contributed by atoms with E-state index in [1.54, 1.807) is 17.0 Å². The average molecular weight is 552 g/mol. The molecular formula is C31H25N3O5S. The number of ether oxygens (including phenoxy) is 1. The van der Waals surface area contributed by atoms with Crippen molar-refractivity contribution in [3.8, 4) is 5.75 Å². The van der Waals surface area contributed by atoms with Gasteiger partial charge in [0, 0.05) is 12.1 Å². The summed E-state index contributed by atoms with van der Waals surface area (Å²) in [5.74, 6) is -0.376. The standard InChI is InChI=1S/C31H25N3O5S/c1-4-14-33-22-9-7-6-8-20(22)31(29(33)37)25-26(35)19-15-17(3)10-13-23(19)39-27(25)28(36)34(31)30-32-21-12-11-18(38-5-2)16-24(21)40-30/h6-13,15-16H,4-5,14H2,1-3H3. The molecular weight excluding hydrogens is 526 g/mol. The van der Waals surface area contributed by atoms with Crippen molar-refractivity contribution in [3.63, 3.8) is 0 Å². The first-order valence-electron chi connectivity index (χ1n) is 13.3. The lowest BCUT2D eigenvalue weighted by molar-refractivity contribution is -0.121. The molecule has 1 unspecified atom stereocenters. The normalized spacial score (nSPS) is 17.9. The summed E-state index contributed by atoms with van der Waals surface area (Å²) < 4.78 is 12.6. The number of aromatic nitrogens is 1. The molecule has 1 atom stereocenters. The number of hydrogen-bond acceptors (Lipinski definition) is 7. The Kier molecular flexibility index (Phi) is 5.37. The van der Waals surface area contributed by atoms with Crippen LogP contribution in [0.1, 0.15) is 47.5 Å². The van der Waals surface area contributed by atoms with Crippen molar-refractivity contribution in [1.29, 1.82) is 0 Å². The maximum absolute atomic E-state index is 14.7. The van der Waals surface area contributed by atoms with Gasteiger partial charge in [0.05, 0.1) is 33.5 Å². The Bertz CT molecular complexity index is 1940. The van der Waals surface area contributed by atoms with Gasteiger partial charge in [0.15, 0.2) is 16.1 Å². The van der Waals surface area contributed by atoms with Crippen LogP contribution in [0.3, 0.4) is 0 Å². The third-order valence-corrected chi connectivity index (χ3v) is 8.58. The van der Waals surface area contributed by atoms with Crippen molar-refractivity contribution in [3.05, 3.63) is 93.3 Å². The van der Waals surface area contributed by atoms with E-state index < -0.39 is 16.9 Å². The number of carbonyl (C=O) groups excluding carboxylic acids is 2. The zero-order chi connectivity index (χ0) is 27.8. The summed E-state index contributed by atoms with van der Waals surface area (Å²) in [5.41, 5.74) is 0.974. The molecule has 0 bridgehead atoms. The van der Waals surface area contributed by atoms with Gasteiger partial charge in [0.2, 0.25) is 5.76 Å². The van der Waals surface area contributed by atoms with Crippen LogP contribution in [0.5, 0.6) is 5.75 Å². The molecule has 2 amide bonds. The topological polar surface area (TPSA) is 93.0 Å². The molecule has 0 aliphatic carbocycles. The second kappa shape index (κ2) is 8.76. The summed E-state index contributed by atoms with van der Waals surface area (Å²) >= 11 is 1.27. The van der Waals surface area contributed by atoms with E-state index in [1.807, 2.05) is 69.3 Å². The highest BCUT2D eigenvalue weighted by molar-refractivity contribution is 7.22. The molecule has 0 fully saturated rings. The third kappa shape index (κ3) is 3.12. The van der Waals surface area contributed by atoms with E-state index in [0.29, 0.717) is 58.2 Å². The van der Waals surface area contributed by atoms with Crippen molar-refractivity contribution >= 4 is 55.2 Å². The summed E-state index contributed by atoms with van der Waals surface area (Å²) in [6.07, 6.45) is 0.698. The van der Waals surface area contributed by atoms with Crippen LogP contribution in [-0.4, -0.2) is 29.9 Å². The second-order valence-electron chi connectivity index (χ2n) is 10.0. The fraction of sp³-hybridized carbons (Fsp3) is 0.226. The maximum atomic E-state index is 14.7. The summed E-state index contributed by atoms with van der Waals surface area (Å²) in [7, 11) is 0. The van der Waals surface area contributed by atoms with E-state index in [-0.39, 0.29) is 17.2 Å². The lowest BCUT2D eigenvalue weighted by Crippen LogP contribution is -2.53. The van der Waals surface area contributed by atoms with Crippen molar-refractivity contribution in [2.24, 2.45) is 0 Å². The zero-order valence-electron chi connectivity index (χ0n) is 22.2. The number of fused-ring (bicyclic) bond motifs is 6. The largest absolute Gasteiger partial charge is 0.494 e. The van der Waals surface area contributed by atoms with E-state index in [9.17, 15) is 14.4 Å². The van der Waals surface area contributed by atoms with Crippen molar-refractivity contribution in [2.45, 2.75) is 32.7 Å². The van der Waals surface area contributed by atoms with Gasteiger partial charge in [-0.05, 0) is 56.7 Å². The third-order valence-electron chi connectivity index (χ3n) is 7.58. The number of rotatable bonds is 5. The summed E-state index contributed by atoms with van der Waals surface area (Å²) in [6.45, 7) is 6.73. The van der Waals surface area contributed by atoms with Gasteiger partial charge < -0.3 is 14.1 Å². The fourth-order valence-corrected chi connectivity index (χ4v) is 7.01. The smallest absolute Gasteiger partial charge is 0.297 e. The van der Waals surface area contributed by atoms with E-state index >= 15 is 0 Å². The molecule has 40 heavy (non-hydrogen) atoms. The molecule has 0 N–H and O–H groups in total. The number of amides is 2. The van der Waals surface area contributed by atoms with Gasteiger partial charge in [-0.25, -0.2) is 4.98 Å². The number of carbonyl (C=O) groups is 2. The molecule has 9 heteroatoms. The lowest BCUT2D eigenvalue weighted by atomic mass is 9.84. The minimum atomic E-state index is -1.74. The van der Waals surface area contributed by atoms with Gasteiger partial charge in [0.25, 0.3) is 11.8 Å². The number of para-hydroxylation sites is 1. The number of benzene rings is 3. The van der Waals surface area contributed by atoms with Crippen LogP contribution in [0.25, 0.3) is 21.2 Å². The van der Waals surface area contributed by atoms with E-state index in [0.717, 1.165) is 10.3 Å². The molecule has 8 nitrogen and oxygen atoms in total. The van der Waals surface area contributed by atoms with E-state index in [1.165, 1.54) is 16.2 Å². The Labute approximate surface area is 233 Å². The first-order valence-corrected chi connectivity index (χ1v) is 14.1. The molecule has 3 aromatic carbocycles. The van der Waals surface area contributed by atoms with Gasteiger partial charge in [0.1, 0.15) is 11.3 Å². The minimum Gasteiger partial charge on any atom is -0.494 e. The summed E-state index contributed by atoms with van der Waals surface area (Å²) in [6, 6.07) is 18.1. The molecule has 0 saturated carbocycles. The van der Waals surface area contributed by atoms with Crippen LogP contribution in [0.2, 0.25) is 0 Å². The highest BCUT2D eigenvalue weighted by Gasteiger charge is 2.66. The van der Waals surface area contributed by atoms with E-state index in [4.69, 9.17) is 14.1 Å². The Morgan fingerprint density at radius 1 is 1.02 bits per heavy atom. The van der Waals surface area contributed by atoms with Crippen LogP contribution in [0, 0.1) is 6.92 Å². The van der Waals surface area contributed by atoms with Crippen molar-refractivity contribution in [1.82, 2.24) is 4.98 Å². The highest BCUT2D eigenvalue weighted by atomic mass is 32.1. The Hall–Kier alpha value is -4.50. The number of nitrogens with zero attached hydrogens (tertiary/aromatic N) is 3. The zero-order valence-corrected chi connectivity index (χ0v) is 23.0. The van der Waals surface area contributed by atoms with Gasteiger partial charge in [-0.3, -0.25) is 19.3 Å². The molecule has 200 valence electrons. The first-order chi connectivity index (χ1) is 19.4. The van der Waals surface area contributed by atoms with Crippen LogP contribution in [-0.2, 0) is 10.3 Å². The number of anilines is 2. The predicted molar refractivity (Wildman–Crippen MR) is 155 cm³/mol. The van der Waals surface area contributed by atoms with Crippen LogP contribution >= 0.6 is 11.3 Å². The minimum absolute atomic E-state index is 0.0425. The fourth-order valence-electron chi connectivity index (χ4n) is 5.97. The Balaban J connectivity index is 1.58. The summed E-state index contributed by atoms with van der Waals surface area (Å²) in [4.78, 5) is 51.2. The average Bonchev–Trinajstić information content (AvgIpc) is 3.55. The second-order valence-corrected chi connectivity index (χ2v) is 11.0. The number of thiazole rings is 1. The molecule has 4 heterocycles. The molecule has 0 radical (unpaired) electrons. The molecule has 2 aliphatic heterocycles. The van der Waals surface area contributed by atoms with Crippen LogP contribution in [0.4, 0.5) is 10.8 Å². The predicted octanol–water partition coefficient (Wildman–Crippen LogP) is 5.77. The molecule has 2 aromatic heterocycles. The Morgan fingerprint density at radius 2 is 1.85 bits per heavy atom. The number of aryl methyl sites for hydroxylation is 1. The highest BCUT2D eigenvalue weighted by Crippen LogP contribution is 2.54. The molecule has 1 spiro atoms. The van der Waals surface area contributed by atoms with Gasteiger partial charge >= 0.3 is 0 Å². The Morgan fingerprint density at radius 3 is 2.65 bits per heavy atom. The van der Waals surface area contributed by atoms with Gasteiger partial charge in [-0.15, -0.1) is 0 Å². The summed E-state index contributed by atoms with van der Waals surface area (Å²) in [5, 5.41) is 0.638. The molecule has 0 saturated heterocycles. The number of hydrogen-bond donors (Lipinski definition) is 0. The SMILES string of the molecule is CCCN1C(=O)C2(c3ccccc31)c1c(oc3ccc(C)cc3c1=O)C(=O)N2c1nc2ccc(OCC)cc2s1. The first kappa shape index (κ1) is 24.5.